The van der Waals surface area contributed by atoms with Crippen LogP contribution in [0.15, 0.2) is 35.2 Å². The maximum atomic E-state index is 11.8. The first-order valence-electron chi connectivity index (χ1n) is 6.47. The standard InChI is InChI=1S/C14H20N2OS.ClH/c15-12-7-6-11(10-12)14(17)16-8-9-18-13-4-2-1-3-5-13;/h1-5,11-12H,6-10,15H2,(H,16,17);1H. The SMILES string of the molecule is Cl.NC1CCC(C(=O)NCCSc2ccccc2)C1. The first-order valence-corrected chi connectivity index (χ1v) is 7.45. The summed E-state index contributed by atoms with van der Waals surface area (Å²) in [5.74, 6) is 1.23. The van der Waals surface area contributed by atoms with E-state index < -0.39 is 0 Å². The van der Waals surface area contributed by atoms with E-state index in [1.807, 2.05) is 18.2 Å². The van der Waals surface area contributed by atoms with E-state index in [-0.39, 0.29) is 30.3 Å². The molecule has 1 amide bonds. The lowest BCUT2D eigenvalue weighted by Gasteiger charge is -2.10. The highest BCUT2D eigenvalue weighted by Crippen LogP contribution is 2.24. The van der Waals surface area contributed by atoms with E-state index in [0.29, 0.717) is 0 Å². The molecule has 0 spiro atoms. The van der Waals surface area contributed by atoms with Crippen molar-refractivity contribution in [3.05, 3.63) is 30.3 Å². The molecule has 0 saturated heterocycles. The predicted molar refractivity (Wildman–Crippen MR) is 82.7 cm³/mol. The molecule has 0 heterocycles. The number of carbonyl (C=O) groups is 1. The fourth-order valence-electron chi connectivity index (χ4n) is 2.26. The average molecular weight is 301 g/mol. The van der Waals surface area contributed by atoms with E-state index in [9.17, 15) is 4.79 Å². The van der Waals surface area contributed by atoms with Crippen LogP contribution in [-0.2, 0) is 4.79 Å². The monoisotopic (exact) mass is 300 g/mol. The summed E-state index contributed by atoms with van der Waals surface area (Å²) in [6.45, 7) is 0.726. The highest BCUT2D eigenvalue weighted by Gasteiger charge is 2.27. The average Bonchev–Trinajstić information content (AvgIpc) is 2.82. The maximum absolute atomic E-state index is 11.8. The summed E-state index contributed by atoms with van der Waals surface area (Å²) < 4.78 is 0. The van der Waals surface area contributed by atoms with Gasteiger partial charge in [-0.25, -0.2) is 0 Å². The van der Waals surface area contributed by atoms with Crippen molar-refractivity contribution in [3.63, 3.8) is 0 Å². The Bertz CT molecular complexity index is 388. The maximum Gasteiger partial charge on any atom is 0.223 e. The summed E-state index contributed by atoms with van der Waals surface area (Å²) in [5.41, 5.74) is 5.81. The van der Waals surface area contributed by atoms with Gasteiger partial charge in [-0.3, -0.25) is 4.79 Å². The van der Waals surface area contributed by atoms with Crippen LogP contribution in [0.2, 0.25) is 0 Å². The Balaban J connectivity index is 0.00000180. The number of carbonyl (C=O) groups excluding carboxylic acids is 1. The zero-order valence-corrected chi connectivity index (χ0v) is 12.5. The fraction of sp³-hybridized carbons (Fsp3) is 0.500. The second-order valence-electron chi connectivity index (χ2n) is 4.72. The van der Waals surface area contributed by atoms with E-state index in [1.165, 1.54) is 4.90 Å². The number of halogens is 1. The molecule has 3 N–H and O–H groups in total. The largest absolute Gasteiger partial charge is 0.355 e. The molecule has 19 heavy (non-hydrogen) atoms. The Hall–Kier alpha value is -0.710. The molecule has 2 atom stereocenters. The minimum Gasteiger partial charge on any atom is -0.355 e. The molecular weight excluding hydrogens is 280 g/mol. The van der Waals surface area contributed by atoms with Crippen LogP contribution >= 0.6 is 24.2 Å². The molecule has 106 valence electrons. The van der Waals surface area contributed by atoms with Gasteiger partial charge in [-0.15, -0.1) is 24.2 Å². The molecule has 1 saturated carbocycles. The Morgan fingerprint density at radius 3 is 2.68 bits per heavy atom. The second-order valence-corrected chi connectivity index (χ2v) is 5.89. The molecule has 0 aromatic heterocycles. The number of nitrogens with one attached hydrogen (secondary N) is 1. The molecule has 5 heteroatoms. The van der Waals surface area contributed by atoms with Crippen LogP contribution in [0, 0.1) is 5.92 Å². The predicted octanol–water partition coefficient (Wildman–Crippen LogP) is 2.44. The first-order chi connectivity index (χ1) is 8.75. The zero-order chi connectivity index (χ0) is 12.8. The van der Waals surface area contributed by atoms with E-state index in [0.717, 1.165) is 31.6 Å². The summed E-state index contributed by atoms with van der Waals surface area (Å²) in [6.07, 6.45) is 2.77. The van der Waals surface area contributed by atoms with Crippen molar-refractivity contribution < 1.29 is 4.79 Å². The number of hydrogen-bond donors (Lipinski definition) is 2. The summed E-state index contributed by atoms with van der Waals surface area (Å²) in [7, 11) is 0. The Labute approximate surface area is 125 Å². The van der Waals surface area contributed by atoms with Crippen LogP contribution in [-0.4, -0.2) is 24.2 Å². The van der Waals surface area contributed by atoms with Crippen molar-refractivity contribution in [2.45, 2.75) is 30.2 Å². The Morgan fingerprint density at radius 1 is 1.32 bits per heavy atom. The molecule has 0 bridgehead atoms. The van der Waals surface area contributed by atoms with Crippen molar-refractivity contribution in [2.24, 2.45) is 11.7 Å². The molecular formula is C14H21ClN2OS. The molecule has 1 aliphatic rings. The van der Waals surface area contributed by atoms with Crippen LogP contribution in [0.25, 0.3) is 0 Å². The van der Waals surface area contributed by atoms with Crippen molar-refractivity contribution in [2.75, 3.05) is 12.3 Å². The summed E-state index contributed by atoms with van der Waals surface area (Å²) in [4.78, 5) is 13.1. The quantitative estimate of drug-likeness (QED) is 0.649. The lowest BCUT2D eigenvalue weighted by Crippen LogP contribution is -2.31. The summed E-state index contributed by atoms with van der Waals surface area (Å²) in [5, 5.41) is 3.00. The number of nitrogens with two attached hydrogens (primary N) is 1. The third-order valence-electron chi connectivity index (χ3n) is 3.26. The molecule has 1 aromatic carbocycles. The van der Waals surface area contributed by atoms with Gasteiger partial charge in [0.1, 0.15) is 0 Å². The molecule has 0 aliphatic heterocycles. The van der Waals surface area contributed by atoms with Crippen LogP contribution < -0.4 is 11.1 Å². The molecule has 1 aromatic rings. The highest BCUT2D eigenvalue weighted by molar-refractivity contribution is 7.99. The first kappa shape index (κ1) is 16.3. The van der Waals surface area contributed by atoms with Crippen molar-refractivity contribution in [1.82, 2.24) is 5.32 Å². The minimum atomic E-state index is 0. The highest BCUT2D eigenvalue weighted by atomic mass is 35.5. The normalized spacial score (nSPS) is 21.7. The third kappa shape index (κ3) is 5.43. The third-order valence-corrected chi connectivity index (χ3v) is 4.27. The van der Waals surface area contributed by atoms with Gasteiger partial charge in [-0.1, -0.05) is 18.2 Å². The van der Waals surface area contributed by atoms with Crippen LogP contribution in [0.1, 0.15) is 19.3 Å². The Morgan fingerprint density at radius 2 is 2.05 bits per heavy atom. The van der Waals surface area contributed by atoms with Gasteiger partial charge in [-0.05, 0) is 31.4 Å². The number of amides is 1. The van der Waals surface area contributed by atoms with Crippen molar-refractivity contribution >= 4 is 30.1 Å². The van der Waals surface area contributed by atoms with Gasteiger partial charge in [0.05, 0.1) is 0 Å². The molecule has 3 nitrogen and oxygen atoms in total. The minimum absolute atomic E-state index is 0. The lowest BCUT2D eigenvalue weighted by molar-refractivity contribution is -0.124. The molecule has 1 aliphatic carbocycles. The number of hydrogen-bond acceptors (Lipinski definition) is 3. The second kappa shape index (κ2) is 8.46. The van der Waals surface area contributed by atoms with Crippen LogP contribution in [0.4, 0.5) is 0 Å². The van der Waals surface area contributed by atoms with Gasteiger partial charge in [0.25, 0.3) is 0 Å². The number of thioether (sulfide) groups is 1. The van der Waals surface area contributed by atoms with Gasteiger partial charge >= 0.3 is 0 Å². The molecule has 0 radical (unpaired) electrons. The number of rotatable bonds is 5. The van der Waals surface area contributed by atoms with Gasteiger partial charge in [-0.2, -0.15) is 0 Å². The lowest BCUT2D eigenvalue weighted by atomic mass is 10.1. The Kier molecular flexibility index (Phi) is 7.28. The smallest absolute Gasteiger partial charge is 0.223 e. The van der Waals surface area contributed by atoms with Crippen molar-refractivity contribution in [3.8, 4) is 0 Å². The van der Waals surface area contributed by atoms with Gasteiger partial charge in [0.15, 0.2) is 0 Å². The van der Waals surface area contributed by atoms with E-state index >= 15 is 0 Å². The molecule has 1 fully saturated rings. The molecule has 2 unspecified atom stereocenters. The topological polar surface area (TPSA) is 55.1 Å². The van der Waals surface area contributed by atoms with Gasteiger partial charge in [0.2, 0.25) is 5.91 Å². The van der Waals surface area contributed by atoms with E-state index in [2.05, 4.69) is 17.4 Å². The van der Waals surface area contributed by atoms with Crippen molar-refractivity contribution in [1.29, 1.82) is 0 Å². The summed E-state index contributed by atoms with van der Waals surface area (Å²) >= 11 is 1.77. The fourth-order valence-corrected chi connectivity index (χ4v) is 3.05. The summed E-state index contributed by atoms with van der Waals surface area (Å²) in [6, 6.07) is 10.5. The van der Waals surface area contributed by atoms with Crippen LogP contribution in [0.5, 0.6) is 0 Å². The van der Waals surface area contributed by atoms with Gasteiger partial charge in [0, 0.05) is 29.2 Å². The van der Waals surface area contributed by atoms with Crippen LogP contribution in [0.3, 0.4) is 0 Å². The van der Waals surface area contributed by atoms with Gasteiger partial charge < -0.3 is 11.1 Å². The van der Waals surface area contributed by atoms with E-state index in [4.69, 9.17) is 5.73 Å². The zero-order valence-electron chi connectivity index (χ0n) is 10.9. The number of benzene rings is 1. The van der Waals surface area contributed by atoms with E-state index in [1.54, 1.807) is 11.8 Å². The molecule has 2 rings (SSSR count).